The molecule has 1 rings (SSSR count). The fourth-order valence-electron chi connectivity index (χ4n) is 1.41. The monoisotopic (exact) mass is 217 g/mol. The van der Waals surface area contributed by atoms with Crippen LogP contribution in [0, 0.1) is 0 Å². The van der Waals surface area contributed by atoms with E-state index in [-0.39, 0.29) is 6.04 Å². The van der Waals surface area contributed by atoms with Gasteiger partial charge >= 0.3 is 6.18 Å². The number of hydrogen-bond acceptors (Lipinski definition) is 1. The zero-order chi connectivity index (χ0) is 11.5. The van der Waals surface area contributed by atoms with Gasteiger partial charge in [0.2, 0.25) is 0 Å². The summed E-state index contributed by atoms with van der Waals surface area (Å²) in [6.07, 6.45) is -4.26. The fraction of sp³-hybridized carbons (Fsp3) is 0.455. The van der Waals surface area contributed by atoms with Crippen LogP contribution in [-0.2, 0) is 6.18 Å². The molecule has 0 amide bonds. The van der Waals surface area contributed by atoms with Gasteiger partial charge in [-0.15, -0.1) is 0 Å². The number of alkyl halides is 3. The summed E-state index contributed by atoms with van der Waals surface area (Å²) in [6.45, 7) is 4.50. The molecule has 0 aliphatic heterocycles. The molecule has 0 saturated heterocycles. The van der Waals surface area contributed by atoms with E-state index in [1.807, 2.05) is 13.8 Å². The summed E-state index contributed by atoms with van der Waals surface area (Å²) in [5.74, 6) is 0. The second-order valence-electron chi connectivity index (χ2n) is 3.40. The van der Waals surface area contributed by atoms with E-state index in [9.17, 15) is 13.2 Å². The zero-order valence-corrected chi connectivity index (χ0v) is 8.73. The van der Waals surface area contributed by atoms with E-state index in [0.29, 0.717) is 5.56 Å². The first-order valence-electron chi connectivity index (χ1n) is 4.85. The Bertz CT molecular complexity index is 320. The Hall–Kier alpha value is -1.03. The van der Waals surface area contributed by atoms with Crippen molar-refractivity contribution in [1.29, 1.82) is 0 Å². The molecule has 0 saturated carbocycles. The van der Waals surface area contributed by atoms with Crippen molar-refractivity contribution in [2.24, 2.45) is 0 Å². The molecule has 1 N–H and O–H groups in total. The van der Waals surface area contributed by atoms with Gasteiger partial charge in [-0.25, -0.2) is 0 Å². The van der Waals surface area contributed by atoms with E-state index < -0.39 is 11.7 Å². The number of hydrogen-bond donors (Lipinski definition) is 1. The Kier molecular flexibility index (Phi) is 3.74. The molecule has 0 aliphatic rings. The highest BCUT2D eigenvalue weighted by molar-refractivity contribution is 5.27. The molecule has 0 unspecified atom stereocenters. The highest BCUT2D eigenvalue weighted by atomic mass is 19.4. The largest absolute Gasteiger partial charge is 0.416 e. The Morgan fingerprint density at radius 3 is 2.53 bits per heavy atom. The molecule has 84 valence electrons. The minimum atomic E-state index is -4.26. The van der Waals surface area contributed by atoms with Crippen LogP contribution in [0.4, 0.5) is 13.2 Å². The number of nitrogens with one attached hydrogen (secondary N) is 1. The third-order valence-electron chi connectivity index (χ3n) is 2.22. The van der Waals surface area contributed by atoms with Crippen molar-refractivity contribution in [2.45, 2.75) is 26.1 Å². The van der Waals surface area contributed by atoms with E-state index in [1.54, 1.807) is 6.07 Å². The SMILES string of the molecule is CCN[C@H](C)c1cccc(C(F)(F)F)c1. The molecular weight excluding hydrogens is 203 g/mol. The maximum atomic E-state index is 12.4. The maximum Gasteiger partial charge on any atom is 0.416 e. The normalized spacial score (nSPS) is 13.9. The Morgan fingerprint density at radius 2 is 2.00 bits per heavy atom. The molecule has 1 atom stereocenters. The van der Waals surface area contributed by atoms with Gasteiger partial charge in [-0.05, 0) is 31.2 Å². The molecule has 15 heavy (non-hydrogen) atoms. The van der Waals surface area contributed by atoms with Crippen molar-refractivity contribution >= 4 is 0 Å². The van der Waals surface area contributed by atoms with Crippen LogP contribution >= 0.6 is 0 Å². The highest BCUT2D eigenvalue weighted by Crippen LogP contribution is 2.30. The highest BCUT2D eigenvalue weighted by Gasteiger charge is 2.30. The van der Waals surface area contributed by atoms with Gasteiger partial charge in [-0.3, -0.25) is 0 Å². The third-order valence-corrected chi connectivity index (χ3v) is 2.22. The molecule has 0 fully saturated rings. The lowest BCUT2D eigenvalue weighted by molar-refractivity contribution is -0.137. The lowest BCUT2D eigenvalue weighted by Crippen LogP contribution is -2.18. The Labute approximate surface area is 87.3 Å². The van der Waals surface area contributed by atoms with E-state index in [1.165, 1.54) is 12.1 Å². The van der Waals surface area contributed by atoms with Crippen LogP contribution in [0.15, 0.2) is 24.3 Å². The lowest BCUT2D eigenvalue weighted by atomic mass is 10.1. The quantitative estimate of drug-likeness (QED) is 0.818. The molecule has 0 bridgehead atoms. The minimum Gasteiger partial charge on any atom is -0.310 e. The first-order valence-corrected chi connectivity index (χ1v) is 4.85. The summed E-state index contributed by atoms with van der Waals surface area (Å²) < 4.78 is 37.2. The van der Waals surface area contributed by atoms with Crippen LogP contribution in [0.2, 0.25) is 0 Å². The molecule has 0 aromatic heterocycles. The average Bonchev–Trinajstić information content (AvgIpc) is 2.17. The van der Waals surface area contributed by atoms with Gasteiger partial charge in [-0.2, -0.15) is 13.2 Å². The summed E-state index contributed by atoms with van der Waals surface area (Å²) in [4.78, 5) is 0. The molecule has 1 aromatic rings. The molecule has 4 heteroatoms. The number of rotatable bonds is 3. The van der Waals surface area contributed by atoms with E-state index in [4.69, 9.17) is 0 Å². The molecule has 0 spiro atoms. The predicted molar refractivity (Wildman–Crippen MR) is 53.5 cm³/mol. The molecule has 1 nitrogen and oxygen atoms in total. The number of halogens is 3. The second-order valence-corrected chi connectivity index (χ2v) is 3.40. The summed E-state index contributed by atoms with van der Waals surface area (Å²) in [6, 6.07) is 5.35. The van der Waals surface area contributed by atoms with Crippen LogP contribution in [-0.4, -0.2) is 6.54 Å². The second kappa shape index (κ2) is 4.66. The minimum absolute atomic E-state index is 0.0581. The van der Waals surface area contributed by atoms with Crippen LogP contribution in [0.1, 0.15) is 31.0 Å². The van der Waals surface area contributed by atoms with Gasteiger partial charge in [0, 0.05) is 6.04 Å². The van der Waals surface area contributed by atoms with Gasteiger partial charge < -0.3 is 5.32 Å². The molecule has 0 radical (unpaired) electrons. The predicted octanol–water partition coefficient (Wildman–Crippen LogP) is 3.38. The van der Waals surface area contributed by atoms with Crippen molar-refractivity contribution in [2.75, 3.05) is 6.54 Å². The van der Waals surface area contributed by atoms with Crippen molar-refractivity contribution in [3.8, 4) is 0 Å². The molecule has 1 aromatic carbocycles. The summed E-state index contributed by atoms with van der Waals surface area (Å²) in [7, 11) is 0. The van der Waals surface area contributed by atoms with Crippen LogP contribution in [0.25, 0.3) is 0 Å². The summed E-state index contributed by atoms with van der Waals surface area (Å²) in [5.41, 5.74) is 0.0661. The van der Waals surface area contributed by atoms with Gasteiger partial charge in [0.15, 0.2) is 0 Å². The van der Waals surface area contributed by atoms with Crippen LogP contribution in [0.5, 0.6) is 0 Å². The smallest absolute Gasteiger partial charge is 0.310 e. The third kappa shape index (κ3) is 3.23. The summed E-state index contributed by atoms with van der Waals surface area (Å²) in [5, 5.41) is 3.07. The van der Waals surface area contributed by atoms with Gasteiger partial charge in [-0.1, -0.05) is 19.1 Å². The number of benzene rings is 1. The topological polar surface area (TPSA) is 12.0 Å². The standard InChI is InChI=1S/C11H14F3N/c1-3-15-8(2)9-5-4-6-10(7-9)11(12,13)14/h4-8,15H,3H2,1-2H3/t8-/m1/s1. The fourth-order valence-corrected chi connectivity index (χ4v) is 1.41. The first kappa shape index (κ1) is 12.0. The lowest BCUT2D eigenvalue weighted by Gasteiger charge is -2.14. The summed E-state index contributed by atoms with van der Waals surface area (Å²) >= 11 is 0. The Balaban J connectivity index is 2.92. The molecular formula is C11H14F3N. The molecule has 0 aliphatic carbocycles. The zero-order valence-electron chi connectivity index (χ0n) is 8.73. The molecule has 0 heterocycles. The van der Waals surface area contributed by atoms with Crippen molar-refractivity contribution < 1.29 is 13.2 Å². The van der Waals surface area contributed by atoms with Crippen molar-refractivity contribution in [3.63, 3.8) is 0 Å². The van der Waals surface area contributed by atoms with E-state index in [0.717, 1.165) is 12.6 Å². The van der Waals surface area contributed by atoms with E-state index in [2.05, 4.69) is 5.32 Å². The van der Waals surface area contributed by atoms with Gasteiger partial charge in [0.1, 0.15) is 0 Å². The van der Waals surface area contributed by atoms with Crippen LogP contribution < -0.4 is 5.32 Å². The van der Waals surface area contributed by atoms with Gasteiger partial charge in [0.05, 0.1) is 5.56 Å². The van der Waals surface area contributed by atoms with Crippen LogP contribution in [0.3, 0.4) is 0 Å². The Morgan fingerprint density at radius 1 is 1.33 bits per heavy atom. The first-order chi connectivity index (χ1) is 6.95. The van der Waals surface area contributed by atoms with Crippen molar-refractivity contribution in [3.05, 3.63) is 35.4 Å². The van der Waals surface area contributed by atoms with Crippen molar-refractivity contribution in [1.82, 2.24) is 5.32 Å². The average molecular weight is 217 g/mol. The maximum absolute atomic E-state index is 12.4. The van der Waals surface area contributed by atoms with Gasteiger partial charge in [0.25, 0.3) is 0 Å². The van der Waals surface area contributed by atoms with E-state index >= 15 is 0 Å².